The second kappa shape index (κ2) is 5.68. The monoisotopic (exact) mass is 279 g/mol. The summed E-state index contributed by atoms with van der Waals surface area (Å²) in [5.41, 5.74) is 0. The number of halogens is 1. The molecule has 0 amide bonds. The molecule has 0 heterocycles. The van der Waals surface area contributed by atoms with Gasteiger partial charge in [-0.3, -0.25) is 0 Å². The molecule has 0 saturated carbocycles. The molecular weight excluding hydrogens is 266 g/mol. The van der Waals surface area contributed by atoms with Gasteiger partial charge in [0.1, 0.15) is 10.6 Å². The molecule has 96 valence electrons. The van der Waals surface area contributed by atoms with Crippen molar-refractivity contribution in [3.05, 3.63) is 23.2 Å². The molecule has 0 bridgehead atoms. The van der Waals surface area contributed by atoms with Crippen molar-refractivity contribution in [1.29, 1.82) is 0 Å². The van der Waals surface area contributed by atoms with Gasteiger partial charge in [0, 0.05) is 17.1 Å². The van der Waals surface area contributed by atoms with Gasteiger partial charge in [-0.25, -0.2) is 13.1 Å². The summed E-state index contributed by atoms with van der Waals surface area (Å²) in [5, 5.41) is 9.22. The zero-order valence-corrected chi connectivity index (χ0v) is 11.0. The first-order valence-electron chi connectivity index (χ1n) is 4.87. The van der Waals surface area contributed by atoms with Crippen molar-refractivity contribution in [2.24, 2.45) is 0 Å². The molecule has 2 N–H and O–H groups in total. The van der Waals surface area contributed by atoms with E-state index >= 15 is 0 Å². The molecule has 0 aliphatic carbocycles. The number of nitrogens with one attached hydrogen (secondary N) is 1. The highest BCUT2D eigenvalue weighted by Gasteiger charge is 2.21. The molecule has 0 aromatic heterocycles. The standard InChI is InChI=1S/C10H14ClNO4S/c1-7(6-13)12-17(14,15)10-4-3-8(11)5-9(10)16-2/h3-5,7,12-13H,6H2,1-2H3. The van der Waals surface area contributed by atoms with E-state index in [0.717, 1.165) is 0 Å². The summed E-state index contributed by atoms with van der Waals surface area (Å²) in [4.78, 5) is -0.00954. The molecule has 1 aromatic rings. The average molecular weight is 280 g/mol. The molecule has 1 aromatic carbocycles. The van der Waals surface area contributed by atoms with Gasteiger partial charge in [0.15, 0.2) is 0 Å². The number of hydrogen-bond acceptors (Lipinski definition) is 4. The summed E-state index contributed by atoms with van der Waals surface area (Å²) >= 11 is 5.74. The number of hydrogen-bond donors (Lipinski definition) is 2. The largest absolute Gasteiger partial charge is 0.495 e. The minimum Gasteiger partial charge on any atom is -0.495 e. The maximum atomic E-state index is 11.9. The number of ether oxygens (including phenoxy) is 1. The third-order valence-electron chi connectivity index (χ3n) is 2.05. The Morgan fingerprint density at radius 1 is 1.53 bits per heavy atom. The number of rotatable bonds is 5. The number of methoxy groups -OCH3 is 1. The SMILES string of the molecule is COc1cc(Cl)ccc1S(=O)(=O)NC(C)CO. The first kappa shape index (κ1) is 14.2. The zero-order valence-electron chi connectivity index (χ0n) is 9.47. The van der Waals surface area contributed by atoms with Crippen LogP contribution in [0.1, 0.15) is 6.92 Å². The van der Waals surface area contributed by atoms with E-state index in [9.17, 15) is 8.42 Å². The maximum Gasteiger partial charge on any atom is 0.244 e. The molecule has 0 spiro atoms. The van der Waals surface area contributed by atoms with Crippen LogP contribution >= 0.6 is 11.6 Å². The first-order valence-corrected chi connectivity index (χ1v) is 6.73. The van der Waals surface area contributed by atoms with Crippen LogP contribution in [0.25, 0.3) is 0 Å². The Morgan fingerprint density at radius 3 is 2.71 bits per heavy atom. The molecular formula is C10H14ClNO4S. The van der Waals surface area contributed by atoms with Crippen LogP contribution < -0.4 is 9.46 Å². The van der Waals surface area contributed by atoms with E-state index in [1.807, 2.05) is 0 Å². The van der Waals surface area contributed by atoms with Crippen LogP contribution in [0.3, 0.4) is 0 Å². The molecule has 0 saturated heterocycles. The minimum atomic E-state index is -3.72. The summed E-state index contributed by atoms with van der Waals surface area (Å²) in [7, 11) is -2.36. The van der Waals surface area contributed by atoms with Crippen LogP contribution in [-0.2, 0) is 10.0 Å². The van der Waals surface area contributed by atoms with Gasteiger partial charge >= 0.3 is 0 Å². The Labute approximate surface area is 105 Å². The Balaban J connectivity index is 3.15. The molecule has 1 rings (SSSR count). The summed E-state index contributed by atoms with van der Waals surface area (Å²) in [6.07, 6.45) is 0. The normalized spacial score (nSPS) is 13.4. The third-order valence-corrected chi connectivity index (χ3v) is 3.91. The van der Waals surface area contributed by atoms with Crippen LogP contribution in [0.15, 0.2) is 23.1 Å². The van der Waals surface area contributed by atoms with Crippen LogP contribution in [0, 0.1) is 0 Å². The van der Waals surface area contributed by atoms with Gasteiger partial charge in [-0.2, -0.15) is 0 Å². The first-order chi connectivity index (χ1) is 7.90. The van der Waals surface area contributed by atoms with Gasteiger partial charge in [0.05, 0.1) is 13.7 Å². The van der Waals surface area contributed by atoms with Crippen molar-refractivity contribution in [3.63, 3.8) is 0 Å². The Hall–Kier alpha value is -0.820. The van der Waals surface area contributed by atoms with Crippen LogP contribution in [0.2, 0.25) is 5.02 Å². The van der Waals surface area contributed by atoms with Crippen LogP contribution in [0.5, 0.6) is 5.75 Å². The predicted molar refractivity (Wildman–Crippen MR) is 64.9 cm³/mol. The van der Waals surface area contributed by atoms with Gasteiger partial charge < -0.3 is 9.84 Å². The van der Waals surface area contributed by atoms with Gasteiger partial charge in [0.25, 0.3) is 0 Å². The van der Waals surface area contributed by atoms with E-state index < -0.39 is 16.1 Å². The molecule has 17 heavy (non-hydrogen) atoms. The molecule has 0 aliphatic rings. The highest BCUT2D eigenvalue weighted by atomic mass is 35.5. The molecule has 1 atom stereocenters. The fraction of sp³-hybridized carbons (Fsp3) is 0.400. The van der Waals surface area contributed by atoms with Gasteiger partial charge in [-0.05, 0) is 19.1 Å². The Kier molecular flexibility index (Phi) is 4.76. The zero-order chi connectivity index (χ0) is 13.1. The molecule has 0 radical (unpaired) electrons. The molecule has 5 nitrogen and oxygen atoms in total. The van der Waals surface area contributed by atoms with Crippen LogP contribution in [-0.4, -0.2) is 33.3 Å². The second-order valence-corrected chi connectivity index (χ2v) is 5.62. The van der Waals surface area contributed by atoms with E-state index in [4.69, 9.17) is 21.4 Å². The lowest BCUT2D eigenvalue weighted by Crippen LogP contribution is -2.35. The summed E-state index contributed by atoms with van der Waals surface area (Å²) in [5.74, 6) is 0.162. The van der Waals surface area contributed by atoms with E-state index in [2.05, 4.69) is 4.72 Å². The van der Waals surface area contributed by atoms with E-state index in [-0.39, 0.29) is 17.3 Å². The van der Waals surface area contributed by atoms with Crippen molar-refractivity contribution in [2.75, 3.05) is 13.7 Å². The molecule has 1 unspecified atom stereocenters. The minimum absolute atomic E-state index is 0.00954. The summed E-state index contributed by atoms with van der Waals surface area (Å²) < 4.78 is 31.2. The maximum absolute atomic E-state index is 11.9. The van der Waals surface area contributed by atoms with Crippen molar-refractivity contribution in [1.82, 2.24) is 4.72 Å². The predicted octanol–water partition coefficient (Wildman–Crippen LogP) is 1.01. The summed E-state index contributed by atoms with van der Waals surface area (Å²) in [6.45, 7) is 1.27. The molecule has 7 heteroatoms. The van der Waals surface area contributed by atoms with Crippen molar-refractivity contribution in [2.45, 2.75) is 17.9 Å². The van der Waals surface area contributed by atoms with Crippen molar-refractivity contribution < 1.29 is 18.3 Å². The van der Waals surface area contributed by atoms with Crippen molar-refractivity contribution >= 4 is 21.6 Å². The van der Waals surface area contributed by atoms with Gasteiger partial charge in [0.2, 0.25) is 10.0 Å². The Bertz CT molecular complexity index is 489. The van der Waals surface area contributed by atoms with E-state index in [0.29, 0.717) is 5.02 Å². The number of benzene rings is 1. The quantitative estimate of drug-likeness (QED) is 0.843. The van der Waals surface area contributed by atoms with Crippen LogP contribution in [0.4, 0.5) is 0 Å². The van der Waals surface area contributed by atoms with Crippen molar-refractivity contribution in [3.8, 4) is 5.75 Å². The van der Waals surface area contributed by atoms with Gasteiger partial charge in [-0.1, -0.05) is 11.6 Å². The smallest absolute Gasteiger partial charge is 0.244 e. The lowest BCUT2D eigenvalue weighted by molar-refractivity contribution is 0.265. The van der Waals surface area contributed by atoms with E-state index in [1.54, 1.807) is 6.92 Å². The average Bonchev–Trinajstić information content (AvgIpc) is 2.27. The summed E-state index contributed by atoms with van der Waals surface area (Å²) in [6, 6.07) is 3.66. The number of sulfonamides is 1. The van der Waals surface area contributed by atoms with Gasteiger partial charge in [-0.15, -0.1) is 0 Å². The Morgan fingerprint density at radius 2 is 2.18 bits per heavy atom. The van der Waals surface area contributed by atoms with E-state index in [1.165, 1.54) is 25.3 Å². The fourth-order valence-electron chi connectivity index (χ4n) is 1.23. The highest BCUT2D eigenvalue weighted by Crippen LogP contribution is 2.27. The third kappa shape index (κ3) is 3.57. The lowest BCUT2D eigenvalue weighted by Gasteiger charge is -2.14. The lowest BCUT2D eigenvalue weighted by atomic mass is 10.3. The topological polar surface area (TPSA) is 75.6 Å². The number of aliphatic hydroxyl groups is 1. The second-order valence-electron chi connectivity index (χ2n) is 3.50. The number of aliphatic hydroxyl groups excluding tert-OH is 1. The molecule has 0 aliphatic heterocycles. The molecule has 0 fully saturated rings. The fourth-order valence-corrected chi connectivity index (χ4v) is 2.78. The highest BCUT2D eigenvalue weighted by molar-refractivity contribution is 7.89.